The summed E-state index contributed by atoms with van der Waals surface area (Å²) in [5.41, 5.74) is 2.82. The maximum Gasteiger partial charge on any atom is 0.0136 e. The number of aryl methyl sites for hydroxylation is 1. The lowest BCUT2D eigenvalue weighted by Gasteiger charge is -2.17. The topological polar surface area (TPSA) is 12.0 Å². The molecule has 1 aliphatic carbocycles. The van der Waals surface area contributed by atoms with Gasteiger partial charge in [0.15, 0.2) is 0 Å². The third-order valence-electron chi connectivity index (χ3n) is 3.23. The Morgan fingerprint density at radius 2 is 1.93 bits per heavy atom. The molecule has 1 fully saturated rings. The van der Waals surface area contributed by atoms with Crippen LogP contribution in [0.5, 0.6) is 0 Å². The van der Waals surface area contributed by atoms with Gasteiger partial charge in [0.1, 0.15) is 0 Å². The van der Waals surface area contributed by atoms with Crippen LogP contribution in [0.15, 0.2) is 24.3 Å². The fourth-order valence-electron chi connectivity index (χ4n) is 2.14. The standard InChI is InChI=1S/C14H21N/c1-3-15-14(13-8-9-13)10-12-6-4-11(2)5-7-12/h4-7,13-15H,3,8-10H2,1-2H3/t14-/m0/s1. The molecule has 2 rings (SSSR count). The van der Waals surface area contributed by atoms with Crippen molar-refractivity contribution in [1.82, 2.24) is 5.32 Å². The predicted molar refractivity (Wildman–Crippen MR) is 65.1 cm³/mol. The number of benzene rings is 1. The van der Waals surface area contributed by atoms with Gasteiger partial charge in [-0.1, -0.05) is 36.8 Å². The molecule has 0 bridgehead atoms. The lowest BCUT2D eigenvalue weighted by atomic mass is 10.0. The van der Waals surface area contributed by atoms with E-state index in [0.717, 1.165) is 12.5 Å². The number of rotatable bonds is 5. The van der Waals surface area contributed by atoms with E-state index in [0.29, 0.717) is 6.04 Å². The zero-order valence-electron chi connectivity index (χ0n) is 9.79. The minimum absolute atomic E-state index is 0.706. The number of nitrogens with one attached hydrogen (secondary N) is 1. The van der Waals surface area contributed by atoms with Gasteiger partial charge in [-0.15, -0.1) is 0 Å². The van der Waals surface area contributed by atoms with Crippen LogP contribution in [-0.2, 0) is 6.42 Å². The first-order valence-electron chi connectivity index (χ1n) is 6.08. The van der Waals surface area contributed by atoms with Crippen molar-refractivity contribution in [2.24, 2.45) is 5.92 Å². The highest BCUT2D eigenvalue weighted by atomic mass is 14.9. The van der Waals surface area contributed by atoms with Crippen LogP contribution in [0.3, 0.4) is 0 Å². The molecule has 0 spiro atoms. The summed E-state index contributed by atoms with van der Waals surface area (Å²) in [7, 11) is 0. The van der Waals surface area contributed by atoms with Gasteiger partial charge in [-0.3, -0.25) is 0 Å². The maximum absolute atomic E-state index is 3.61. The Morgan fingerprint density at radius 3 is 2.47 bits per heavy atom. The molecule has 1 aliphatic rings. The molecule has 1 atom stereocenters. The second kappa shape index (κ2) is 4.80. The largest absolute Gasteiger partial charge is 0.314 e. The summed E-state index contributed by atoms with van der Waals surface area (Å²) >= 11 is 0. The monoisotopic (exact) mass is 203 g/mol. The van der Waals surface area contributed by atoms with E-state index in [1.165, 1.54) is 30.4 Å². The zero-order chi connectivity index (χ0) is 10.7. The highest BCUT2D eigenvalue weighted by molar-refractivity contribution is 5.22. The summed E-state index contributed by atoms with van der Waals surface area (Å²) in [5, 5.41) is 3.61. The number of hydrogen-bond acceptors (Lipinski definition) is 1. The second-order valence-corrected chi connectivity index (χ2v) is 4.69. The van der Waals surface area contributed by atoms with Crippen molar-refractivity contribution in [2.45, 2.75) is 39.2 Å². The summed E-state index contributed by atoms with van der Waals surface area (Å²) < 4.78 is 0. The maximum atomic E-state index is 3.61. The molecule has 0 saturated heterocycles. The molecule has 1 heteroatoms. The molecule has 82 valence electrons. The van der Waals surface area contributed by atoms with Gasteiger partial charge in [0.2, 0.25) is 0 Å². The van der Waals surface area contributed by atoms with E-state index in [4.69, 9.17) is 0 Å². The summed E-state index contributed by atoms with van der Waals surface area (Å²) in [6.45, 7) is 5.43. The highest BCUT2D eigenvalue weighted by Gasteiger charge is 2.30. The molecule has 0 unspecified atom stereocenters. The SMILES string of the molecule is CCN[C@@H](Cc1ccc(C)cc1)C1CC1. The Hall–Kier alpha value is -0.820. The van der Waals surface area contributed by atoms with Crippen molar-refractivity contribution in [3.63, 3.8) is 0 Å². The van der Waals surface area contributed by atoms with E-state index in [9.17, 15) is 0 Å². The minimum atomic E-state index is 0.706. The Morgan fingerprint density at radius 1 is 1.27 bits per heavy atom. The Kier molecular flexibility index (Phi) is 3.42. The molecule has 1 aromatic carbocycles. The average molecular weight is 203 g/mol. The third-order valence-corrected chi connectivity index (χ3v) is 3.23. The van der Waals surface area contributed by atoms with Crippen LogP contribution in [-0.4, -0.2) is 12.6 Å². The van der Waals surface area contributed by atoms with Gasteiger partial charge < -0.3 is 5.32 Å². The molecular weight excluding hydrogens is 182 g/mol. The second-order valence-electron chi connectivity index (χ2n) is 4.69. The van der Waals surface area contributed by atoms with Crippen LogP contribution in [0.25, 0.3) is 0 Å². The molecule has 15 heavy (non-hydrogen) atoms. The minimum Gasteiger partial charge on any atom is -0.314 e. The molecule has 0 aromatic heterocycles. The average Bonchev–Trinajstić information content (AvgIpc) is 3.04. The van der Waals surface area contributed by atoms with Crippen LogP contribution in [0, 0.1) is 12.8 Å². The van der Waals surface area contributed by atoms with Crippen LogP contribution in [0.2, 0.25) is 0 Å². The van der Waals surface area contributed by atoms with E-state index < -0.39 is 0 Å². The van der Waals surface area contributed by atoms with Crippen LogP contribution < -0.4 is 5.32 Å². The Labute approximate surface area is 92.9 Å². The Bertz CT molecular complexity index is 298. The Balaban J connectivity index is 1.95. The molecule has 1 aromatic rings. The van der Waals surface area contributed by atoms with E-state index in [1.54, 1.807) is 0 Å². The molecule has 1 nitrogen and oxygen atoms in total. The van der Waals surface area contributed by atoms with Crippen molar-refractivity contribution in [3.05, 3.63) is 35.4 Å². The van der Waals surface area contributed by atoms with Crippen LogP contribution in [0.4, 0.5) is 0 Å². The number of likely N-dealkylation sites (N-methyl/N-ethyl adjacent to an activating group) is 1. The van der Waals surface area contributed by atoms with Gasteiger partial charge in [0.05, 0.1) is 0 Å². The quantitative estimate of drug-likeness (QED) is 0.776. The van der Waals surface area contributed by atoms with Gasteiger partial charge in [0, 0.05) is 6.04 Å². The van der Waals surface area contributed by atoms with Crippen LogP contribution in [0.1, 0.15) is 30.9 Å². The van der Waals surface area contributed by atoms with E-state index in [1.807, 2.05) is 0 Å². The van der Waals surface area contributed by atoms with Gasteiger partial charge in [0.25, 0.3) is 0 Å². The first-order chi connectivity index (χ1) is 7.29. The molecule has 0 radical (unpaired) electrons. The fraction of sp³-hybridized carbons (Fsp3) is 0.571. The molecule has 0 heterocycles. The van der Waals surface area contributed by atoms with Gasteiger partial charge in [-0.25, -0.2) is 0 Å². The first kappa shape index (κ1) is 10.7. The van der Waals surface area contributed by atoms with Crippen LogP contribution >= 0.6 is 0 Å². The fourth-order valence-corrected chi connectivity index (χ4v) is 2.14. The van der Waals surface area contributed by atoms with Gasteiger partial charge >= 0.3 is 0 Å². The van der Waals surface area contributed by atoms with E-state index >= 15 is 0 Å². The normalized spacial score (nSPS) is 17.7. The van der Waals surface area contributed by atoms with Crippen molar-refractivity contribution < 1.29 is 0 Å². The molecular formula is C14H21N. The van der Waals surface area contributed by atoms with Crippen molar-refractivity contribution >= 4 is 0 Å². The smallest absolute Gasteiger partial charge is 0.0136 e. The summed E-state index contributed by atoms with van der Waals surface area (Å²) in [6.07, 6.45) is 4.03. The predicted octanol–water partition coefficient (Wildman–Crippen LogP) is 2.93. The first-order valence-corrected chi connectivity index (χ1v) is 6.08. The summed E-state index contributed by atoms with van der Waals surface area (Å²) in [6, 6.07) is 9.67. The molecule has 1 N–H and O–H groups in total. The highest BCUT2D eigenvalue weighted by Crippen LogP contribution is 2.34. The summed E-state index contributed by atoms with van der Waals surface area (Å²) in [4.78, 5) is 0. The lowest BCUT2D eigenvalue weighted by Crippen LogP contribution is -2.32. The third kappa shape index (κ3) is 3.07. The van der Waals surface area contributed by atoms with Gasteiger partial charge in [-0.2, -0.15) is 0 Å². The zero-order valence-corrected chi connectivity index (χ0v) is 9.79. The molecule has 0 aliphatic heterocycles. The van der Waals surface area contributed by atoms with Crippen molar-refractivity contribution in [2.75, 3.05) is 6.54 Å². The van der Waals surface area contributed by atoms with Gasteiger partial charge in [-0.05, 0) is 44.2 Å². The number of hydrogen-bond donors (Lipinski definition) is 1. The van der Waals surface area contributed by atoms with Crippen molar-refractivity contribution in [3.8, 4) is 0 Å². The van der Waals surface area contributed by atoms with E-state index in [-0.39, 0.29) is 0 Å². The molecule has 0 amide bonds. The lowest BCUT2D eigenvalue weighted by molar-refractivity contribution is 0.472. The molecule has 1 saturated carbocycles. The van der Waals surface area contributed by atoms with Crippen molar-refractivity contribution in [1.29, 1.82) is 0 Å². The summed E-state index contributed by atoms with van der Waals surface area (Å²) in [5.74, 6) is 0.936. The van der Waals surface area contributed by atoms with E-state index in [2.05, 4.69) is 43.4 Å².